The van der Waals surface area contributed by atoms with Gasteiger partial charge in [-0.1, -0.05) is 92.4 Å². The molecule has 7 atom stereocenters. The fourth-order valence-electron chi connectivity index (χ4n) is 9.75. The highest BCUT2D eigenvalue weighted by Gasteiger charge is 2.70. The van der Waals surface area contributed by atoms with Crippen molar-refractivity contribution in [1.82, 2.24) is 30.5 Å². The summed E-state index contributed by atoms with van der Waals surface area (Å²) in [5.41, 5.74) is -0.708. The lowest BCUT2D eigenvalue weighted by Crippen LogP contribution is -2.64. The zero-order chi connectivity index (χ0) is 42.8. The summed E-state index contributed by atoms with van der Waals surface area (Å²) in [4.78, 5) is 70.9. The third kappa shape index (κ3) is 9.40. The van der Waals surface area contributed by atoms with Crippen molar-refractivity contribution >= 4 is 39.6 Å². The molecule has 14 nitrogen and oxygen atoms in total. The molecule has 322 valence electrons. The number of ether oxygens (including phenoxy) is 1. The Morgan fingerprint density at radius 1 is 1.00 bits per heavy atom. The largest absolute Gasteiger partial charge is 0.497 e. The zero-order valence-electron chi connectivity index (χ0n) is 35.7. The van der Waals surface area contributed by atoms with Crippen LogP contribution < -0.4 is 26.0 Å². The molecule has 15 heteroatoms. The van der Waals surface area contributed by atoms with Crippen LogP contribution in [0.15, 0.2) is 36.9 Å². The van der Waals surface area contributed by atoms with Crippen LogP contribution in [-0.2, 0) is 35.7 Å². The van der Waals surface area contributed by atoms with Gasteiger partial charge in [0.1, 0.15) is 17.8 Å². The minimum absolute atomic E-state index is 0.0377. The lowest BCUT2D eigenvalue weighted by Gasteiger charge is -2.43. The number of urea groups is 1. The summed E-state index contributed by atoms with van der Waals surface area (Å²) in [5.74, 6) is -1.90. The van der Waals surface area contributed by atoms with Crippen molar-refractivity contribution < 1.29 is 37.1 Å². The Hall–Kier alpha value is -3.98. The number of fused-ring (bicyclic) bond motifs is 1. The monoisotopic (exact) mass is 826 g/mol. The minimum atomic E-state index is -3.83. The average Bonchev–Trinajstić information content (AvgIpc) is 3.42. The number of hydrogen-bond donors (Lipinski definition) is 4. The highest BCUT2D eigenvalue weighted by Crippen LogP contribution is 2.65. The van der Waals surface area contributed by atoms with E-state index in [0.717, 1.165) is 24.8 Å². The quantitative estimate of drug-likeness (QED) is 0.141. The molecule has 2 aliphatic carbocycles. The Kier molecular flexibility index (Phi) is 13.8. The minimum Gasteiger partial charge on any atom is -0.497 e. The van der Waals surface area contributed by atoms with E-state index in [0.29, 0.717) is 44.5 Å². The zero-order valence-corrected chi connectivity index (χ0v) is 36.5. The number of carbonyl (C=O) groups excluding carboxylic acids is 5. The van der Waals surface area contributed by atoms with Crippen molar-refractivity contribution in [2.75, 3.05) is 26.7 Å². The molecular formula is C43H66N6O8S. The van der Waals surface area contributed by atoms with E-state index in [1.807, 2.05) is 46.8 Å². The van der Waals surface area contributed by atoms with E-state index >= 15 is 4.79 Å². The van der Waals surface area contributed by atoms with Gasteiger partial charge in [0.25, 0.3) is 5.91 Å². The van der Waals surface area contributed by atoms with E-state index in [1.165, 1.54) is 10.4 Å². The van der Waals surface area contributed by atoms with Gasteiger partial charge >= 0.3 is 6.03 Å². The summed E-state index contributed by atoms with van der Waals surface area (Å²) in [5, 5.41) is 10.5. The van der Waals surface area contributed by atoms with Crippen molar-refractivity contribution in [3.05, 3.63) is 42.5 Å². The number of amides is 5. The van der Waals surface area contributed by atoms with Gasteiger partial charge in [-0.3, -0.25) is 19.2 Å². The molecule has 2 heterocycles. The van der Waals surface area contributed by atoms with E-state index < -0.39 is 73.9 Å². The maximum absolute atomic E-state index is 15.0. The first-order valence-electron chi connectivity index (χ1n) is 20.9. The molecule has 4 N–H and O–H groups in total. The Balaban J connectivity index is 1.38. The third-order valence-electron chi connectivity index (χ3n) is 13.3. The molecule has 1 aromatic rings. The predicted molar refractivity (Wildman–Crippen MR) is 222 cm³/mol. The number of piperidine rings is 1. The van der Waals surface area contributed by atoms with Crippen LogP contribution in [0.25, 0.3) is 0 Å². The number of nitrogens with one attached hydrogen (secondary N) is 4. The number of carbonyl (C=O) groups is 5. The van der Waals surface area contributed by atoms with Crippen molar-refractivity contribution in [2.45, 2.75) is 136 Å². The molecule has 5 amide bonds. The van der Waals surface area contributed by atoms with Crippen LogP contribution in [0, 0.1) is 28.1 Å². The topological polar surface area (TPSA) is 183 Å². The average molecular weight is 827 g/mol. The third-order valence-corrected chi connectivity index (χ3v) is 15.6. The first-order valence-corrected chi connectivity index (χ1v) is 22.4. The fourth-order valence-corrected chi connectivity index (χ4v) is 12.0. The van der Waals surface area contributed by atoms with Crippen molar-refractivity contribution in [3.8, 4) is 5.75 Å². The van der Waals surface area contributed by atoms with E-state index in [-0.39, 0.29) is 42.7 Å². The number of rotatable bonds is 16. The van der Waals surface area contributed by atoms with Gasteiger partial charge in [-0.25, -0.2) is 13.2 Å². The Labute approximate surface area is 345 Å². The highest BCUT2D eigenvalue weighted by molar-refractivity contribution is 7.90. The second-order valence-corrected chi connectivity index (χ2v) is 20.9. The molecule has 0 spiro atoms. The molecule has 2 saturated carbocycles. The van der Waals surface area contributed by atoms with E-state index in [1.54, 1.807) is 24.1 Å². The lowest BCUT2D eigenvalue weighted by molar-refractivity contribution is -0.146. The van der Waals surface area contributed by atoms with Gasteiger partial charge in [0.05, 0.1) is 24.4 Å². The van der Waals surface area contributed by atoms with Gasteiger partial charge in [0.15, 0.2) is 0 Å². The molecule has 0 aromatic heterocycles. The lowest BCUT2D eigenvalue weighted by atomic mass is 9.70. The molecule has 58 heavy (non-hydrogen) atoms. The summed E-state index contributed by atoms with van der Waals surface area (Å²) in [6.07, 6.45) is 6.67. The SMILES string of the molecule is C=CCNC(=O)C(=O)C(CCC)NC(=O)[C@@H]1[C@@H]2[C@H](CN1C(=O)[C@@H](NC(=O)N[C@H]([C@H]1CCN(Cc3ccc(OC)cc3)S1(=O)=O)C(C)(C)C)C1(C)CCCCC1)C2(C)C. The second-order valence-electron chi connectivity index (χ2n) is 18.8. The smallest absolute Gasteiger partial charge is 0.315 e. The second kappa shape index (κ2) is 17.7. The summed E-state index contributed by atoms with van der Waals surface area (Å²) in [6, 6.07) is 2.86. The first kappa shape index (κ1) is 45.1. The van der Waals surface area contributed by atoms with Gasteiger partial charge in [0, 0.05) is 26.2 Å². The van der Waals surface area contributed by atoms with Crippen molar-refractivity contribution in [3.63, 3.8) is 0 Å². The van der Waals surface area contributed by atoms with Gasteiger partial charge in [-0.2, -0.15) is 4.31 Å². The Morgan fingerprint density at radius 2 is 1.66 bits per heavy atom. The van der Waals surface area contributed by atoms with Crippen LogP contribution >= 0.6 is 0 Å². The molecule has 0 bridgehead atoms. The Morgan fingerprint density at radius 3 is 2.24 bits per heavy atom. The molecule has 2 saturated heterocycles. The number of hydrogen-bond acceptors (Lipinski definition) is 8. The number of nitrogens with zero attached hydrogens (tertiary/aromatic N) is 2. The van der Waals surface area contributed by atoms with Crippen LogP contribution in [0.4, 0.5) is 4.79 Å². The Bertz CT molecular complexity index is 1820. The van der Waals surface area contributed by atoms with Gasteiger partial charge in [-0.15, -0.1) is 6.58 Å². The molecule has 4 fully saturated rings. The number of likely N-dealkylation sites (tertiary alicyclic amines) is 1. The van der Waals surface area contributed by atoms with Gasteiger partial charge in [0.2, 0.25) is 27.6 Å². The van der Waals surface area contributed by atoms with Crippen molar-refractivity contribution in [2.24, 2.45) is 28.1 Å². The van der Waals surface area contributed by atoms with Crippen LogP contribution in [0.2, 0.25) is 0 Å². The number of Topliss-reactive ketones (excluding diaryl/α,β-unsaturated/α-hetero) is 1. The fraction of sp³-hybridized carbons (Fsp3) is 0.698. The predicted octanol–water partition coefficient (Wildman–Crippen LogP) is 4.29. The molecule has 1 aromatic carbocycles. The molecule has 4 aliphatic rings. The van der Waals surface area contributed by atoms with Gasteiger partial charge < -0.3 is 30.9 Å². The van der Waals surface area contributed by atoms with Crippen LogP contribution in [0.1, 0.15) is 105 Å². The maximum atomic E-state index is 15.0. The molecule has 5 rings (SSSR count). The number of methoxy groups -OCH3 is 1. The molecule has 1 unspecified atom stereocenters. The summed E-state index contributed by atoms with van der Waals surface area (Å²) >= 11 is 0. The summed E-state index contributed by atoms with van der Waals surface area (Å²) < 4.78 is 34.9. The number of benzene rings is 1. The van der Waals surface area contributed by atoms with Gasteiger partial charge in [-0.05, 0) is 71.5 Å². The highest BCUT2D eigenvalue weighted by atomic mass is 32.2. The van der Waals surface area contributed by atoms with Crippen LogP contribution in [0.5, 0.6) is 5.75 Å². The summed E-state index contributed by atoms with van der Waals surface area (Å²) in [7, 11) is -2.26. The van der Waals surface area contributed by atoms with E-state index in [4.69, 9.17) is 4.74 Å². The standard InChI is InChI=1S/C43H66N6O8S/c1-10-15-30(34(50)38(52)44-23-11-2)45-37(51)33-32-29(42(32,6)7)26-49(33)39(53)36(43(8)21-13-12-14-22-43)47-40(54)46-35(41(3,4)5)31-20-24-48(58(31,55)56)25-27-16-18-28(57-9)19-17-27/h11,16-19,29-33,35-36H,2,10,12-15,20-26H2,1,3-9H3,(H,44,52)(H,45,51)(H2,46,47,54)/t29-,30?,31+,32-,33-,35+,36+/m0/s1. The molecular weight excluding hydrogens is 761 g/mol. The van der Waals surface area contributed by atoms with Crippen LogP contribution in [0.3, 0.4) is 0 Å². The maximum Gasteiger partial charge on any atom is 0.315 e. The summed E-state index contributed by atoms with van der Waals surface area (Å²) in [6.45, 7) is 18.2. The van der Waals surface area contributed by atoms with Crippen molar-refractivity contribution in [1.29, 1.82) is 0 Å². The first-order chi connectivity index (χ1) is 27.2. The van der Waals surface area contributed by atoms with E-state index in [2.05, 4.69) is 41.7 Å². The number of sulfonamides is 1. The van der Waals surface area contributed by atoms with Crippen LogP contribution in [-0.4, -0.2) is 103 Å². The molecule has 0 radical (unpaired) electrons. The number of ketones is 1. The normalized spacial score (nSPS) is 26.0. The molecule has 2 aliphatic heterocycles. The van der Waals surface area contributed by atoms with E-state index in [9.17, 15) is 27.6 Å².